The number of thioether (sulfide) groups is 1. The van der Waals surface area contributed by atoms with Gasteiger partial charge >= 0.3 is 0 Å². The number of rotatable bonds is 6. The summed E-state index contributed by atoms with van der Waals surface area (Å²) in [6.07, 6.45) is 2.39. The zero-order chi connectivity index (χ0) is 13.5. The smallest absolute Gasteiger partial charge is 0.230 e. The second kappa shape index (κ2) is 7.92. The van der Waals surface area contributed by atoms with Gasteiger partial charge in [-0.15, -0.1) is 11.8 Å². The van der Waals surface area contributed by atoms with Crippen molar-refractivity contribution in [1.29, 1.82) is 0 Å². The van der Waals surface area contributed by atoms with E-state index in [1.54, 1.807) is 11.8 Å². The first-order valence-corrected chi connectivity index (χ1v) is 8.39. The van der Waals surface area contributed by atoms with Crippen LogP contribution in [0.4, 0.5) is 0 Å². The molecule has 1 aromatic carbocycles. The zero-order valence-corrected chi connectivity index (χ0v) is 13.1. The van der Waals surface area contributed by atoms with E-state index in [2.05, 4.69) is 33.4 Å². The molecule has 1 atom stereocenters. The van der Waals surface area contributed by atoms with Gasteiger partial charge in [0.15, 0.2) is 0 Å². The standard InChI is InChI=1S/C14H18BrNO2S/c15-12-4-1-3-11(7-12)9-19-10-14(17)16-8-13-5-2-6-18-13/h1,3-4,7,13H,2,5-6,8-10H2,(H,16,17)/t13-/m1/s1. The Morgan fingerprint density at radius 2 is 2.42 bits per heavy atom. The Labute approximate surface area is 126 Å². The molecule has 0 aliphatic carbocycles. The highest BCUT2D eigenvalue weighted by Gasteiger charge is 2.15. The van der Waals surface area contributed by atoms with Gasteiger partial charge in [-0.3, -0.25) is 4.79 Å². The molecule has 1 aromatic rings. The molecule has 1 aliphatic heterocycles. The number of halogens is 1. The van der Waals surface area contributed by atoms with Crippen molar-refractivity contribution in [3.05, 3.63) is 34.3 Å². The number of carbonyl (C=O) groups excluding carboxylic acids is 1. The summed E-state index contributed by atoms with van der Waals surface area (Å²) in [6.45, 7) is 1.48. The van der Waals surface area contributed by atoms with Gasteiger partial charge in [-0.05, 0) is 30.5 Å². The van der Waals surface area contributed by atoms with E-state index in [4.69, 9.17) is 4.74 Å². The van der Waals surface area contributed by atoms with Crippen LogP contribution in [0.5, 0.6) is 0 Å². The fraction of sp³-hybridized carbons (Fsp3) is 0.500. The lowest BCUT2D eigenvalue weighted by Gasteiger charge is -2.10. The summed E-state index contributed by atoms with van der Waals surface area (Å²) in [5.41, 5.74) is 1.23. The third-order valence-corrected chi connectivity index (χ3v) is 4.44. The molecule has 1 N–H and O–H groups in total. The normalized spacial score (nSPS) is 18.5. The minimum Gasteiger partial charge on any atom is -0.376 e. The Hall–Kier alpha value is -0.520. The average molecular weight is 344 g/mol. The average Bonchev–Trinajstić information content (AvgIpc) is 2.89. The number of ether oxygens (including phenoxy) is 1. The summed E-state index contributed by atoms with van der Waals surface area (Å²) < 4.78 is 6.54. The fourth-order valence-corrected chi connectivity index (χ4v) is 3.22. The van der Waals surface area contributed by atoms with Gasteiger partial charge in [-0.1, -0.05) is 28.1 Å². The lowest BCUT2D eigenvalue weighted by atomic mass is 10.2. The Morgan fingerprint density at radius 1 is 1.53 bits per heavy atom. The molecule has 5 heteroatoms. The molecule has 1 aliphatic rings. The summed E-state index contributed by atoms with van der Waals surface area (Å²) in [4.78, 5) is 11.7. The minimum atomic E-state index is 0.0931. The van der Waals surface area contributed by atoms with Crippen LogP contribution < -0.4 is 5.32 Å². The summed E-state index contributed by atoms with van der Waals surface area (Å²) in [6, 6.07) is 8.17. The van der Waals surface area contributed by atoms with Gasteiger partial charge in [-0.25, -0.2) is 0 Å². The Kier molecular flexibility index (Phi) is 6.20. The number of hydrogen-bond donors (Lipinski definition) is 1. The maximum Gasteiger partial charge on any atom is 0.230 e. The molecule has 0 unspecified atom stereocenters. The molecule has 1 saturated heterocycles. The van der Waals surface area contributed by atoms with Crippen molar-refractivity contribution in [2.45, 2.75) is 24.7 Å². The van der Waals surface area contributed by atoms with Crippen LogP contribution in [-0.4, -0.2) is 30.9 Å². The molecule has 1 heterocycles. The highest BCUT2D eigenvalue weighted by Crippen LogP contribution is 2.17. The number of nitrogens with one attached hydrogen (secondary N) is 1. The van der Waals surface area contributed by atoms with E-state index < -0.39 is 0 Å². The maximum atomic E-state index is 11.7. The molecule has 2 rings (SSSR count). The first-order chi connectivity index (χ1) is 9.24. The Morgan fingerprint density at radius 3 is 3.16 bits per heavy atom. The first kappa shape index (κ1) is 14.9. The second-order valence-electron chi connectivity index (χ2n) is 4.56. The van der Waals surface area contributed by atoms with E-state index in [-0.39, 0.29) is 12.0 Å². The molecule has 0 bridgehead atoms. The quantitative estimate of drug-likeness (QED) is 0.862. The molecule has 19 heavy (non-hydrogen) atoms. The second-order valence-corrected chi connectivity index (χ2v) is 6.46. The first-order valence-electron chi connectivity index (χ1n) is 6.44. The van der Waals surface area contributed by atoms with Crippen molar-refractivity contribution >= 4 is 33.6 Å². The van der Waals surface area contributed by atoms with Crippen molar-refractivity contribution in [2.24, 2.45) is 0 Å². The predicted octanol–water partition coefficient (Wildman–Crippen LogP) is 2.98. The van der Waals surface area contributed by atoms with Crippen LogP contribution >= 0.6 is 27.7 Å². The van der Waals surface area contributed by atoms with Crippen molar-refractivity contribution in [3.63, 3.8) is 0 Å². The predicted molar refractivity (Wildman–Crippen MR) is 82.3 cm³/mol. The number of carbonyl (C=O) groups is 1. The van der Waals surface area contributed by atoms with Gasteiger partial charge in [0.05, 0.1) is 11.9 Å². The molecule has 1 fully saturated rings. The molecular weight excluding hydrogens is 326 g/mol. The van der Waals surface area contributed by atoms with Gasteiger partial charge in [0.1, 0.15) is 0 Å². The van der Waals surface area contributed by atoms with Crippen molar-refractivity contribution in [2.75, 3.05) is 18.9 Å². The molecule has 1 amide bonds. The summed E-state index contributed by atoms with van der Waals surface area (Å²) in [7, 11) is 0. The summed E-state index contributed by atoms with van der Waals surface area (Å²) >= 11 is 5.08. The van der Waals surface area contributed by atoms with Crippen molar-refractivity contribution in [1.82, 2.24) is 5.32 Å². The summed E-state index contributed by atoms with van der Waals surface area (Å²) in [5.74, 6) is 1.45. The van der Waals surface area contributed by atoms with Gasteiger partial charge < -0.3 is 10.1 Å². The van der Waals surface area contributed by atoms with E-state index in [1.165, 1.54) is 5.56 Å². The van der Waals surface area contributed by atoms with Gasteiger partial charge in [0.25, 0.3) is 0 Å². The third-order valence-electron chi connectivity index (χ3n) is 2.94. The lowest BCUT2D eigenvalue weighted by Crippen LogP contribution is -2.32. The lowest BCUT2D eigenvalue weighted by molar-refractivity contribution is -0.119. The van der Waals surface area contributed by atoms with E-state index in [0.717, 1.165) is 29.7 Å². The van der Waals surface area contributed by atoms with E-state index in [9.17, 15) is 4.79 Å². The van der Waals surface area contributed by atoms with Crippen molar-refractivity contribution < 1.29 is 9.53 Å². The van der Waals surface area contributed by atoms with Gasteiger partial charge in [-0.2, -0.15) is 0 Å². The number of benzene rings is 1. The largest absolute Gasteiger partial charge is 0.376 e. The highest BCUT2D eigenvalue weighted by molar-refractivity contribution is 9.10. The highest BCUT2D eigenvalue weighted by atomic mass is 79.9. The Bertz CT molecular complexity index is 422. The number of hydrogen-bond acceptors (Lipinski definition) is 3. The van der Waals surface area contributed by atoms with Gasteiger partial charge in [0, 0.05) is 23.4 Å². The molecule has 104 valence electrons. The minimum absolute atomic E-state index is 0.0931. The SMILES string of the molecule is O=C(CSCc1cccc(Br)c1)NC[C@H]1CCCO1. The van der Waals surface area contributed by atoms with Gasteiger partial charge in [0.2, 0.25) is 5.91 Å². The van der Waals surface area contributed by atoms with Crippen molar-refractivity contribution in [3.8, 4) is 0 Å². The van der Waals surface area contributed by atoms with E-state index in [1.807, 2.05) is 12.1 Å². The van der Waals surface area contributed by atoms with Crippen LogP contribution in [0.15, 0.2) is 28.7 Å². The van der Waals surface area contributed by atoms with Crippen LogP contribution in [-0.2, 0) is 15.3 Å². The topological polar surface area (TPSA) is 38.3 Å². The van der Waals surface area contributed by atoms with Crippen LogP contribution in [0.2, 0.25) is 0 Å². The molecule has 0 saturated carbocycles. The maximum absolute atomic E-state index is 11.7. The fourth-order valence-electron chi connectivity index (χ4n) is 1.97. The van der Waals surface area contributed by atoms with Crippen LogP contribution in [0.1, 0.15) is 18.4 Å². The van der Waals surface area contributed by atoms with Crippen LogP contribution in [0.3, 0.4) is 0 Å². The van der Waals surface area contributed by atoms with Crippen LogP contribution in [0.25, 0.3) is 0 Å². The third kappa shape index (κ3) is 5.55. The molecule has 3 nitrogen and oxygen atoms in total. The van der Waals surface area contributed by atoms with Crippen LogP contribution in [0, 0.1) is 0 Å². The number of amides is 1. The summed E-state index contributed by atoms with van der Waals surface area (Å²) in [5, 5.41) is 2.93. The molecule has 0 aromatic heterocycles. The molecule has 0 radical (unpaired) electrons. The van der Waals surface area contributed by atoms with E-state index in [0.29, 0.717) is 12.3 Å². The molecule has 0 spiro atoms. The molecular formula is C14H18BrNO2S. The zero-order valence-electron chi connectivity index (χ0n) is 10.7. The Balaban J connectivity index is 1.60. The van der Waals surface area contributed by atoms with E-state index >= 15 is 0 Å². The monoisotopic (exact) mass is 343 g/mol.